The van der Waals surface area contributed by atoms with Crippen LogP contribution in [0.15, 0.2) is 23.1 Å². The fourth-order valence-electron chi connectivity index (χ4n) is 4.61. The first kappa shape index (κ1) is 22.3. The van der Waals surface area contributed by atoms with E-state index in [4.69, 9.17) is 0 Å². The highest BCUT2D eigenvalue weighted by Gasteiger charge is 2.34. The van der Waals surface area contributed by atoms with Crippen molar-refractivity contribution in [3.8, 4) is 0 Å². The van der Waals surface area contributed by atoms with Gasteiger partial charge < -0.3 is 4.90 Å². The standard InChI is InChI=1S/C21H30N4O4S2/c1-15-5-6-20(13-16(15)2)31(28,29)24-10-8-23(9-11-24)21-17(3)22-25(18(21)4)19-7-12-30(26,27)14-19/h5-6,13,19H,7-12,14H2,1-4H3. The van der Waals surface area contributed by atoms with E-state index in [-0.39, 0.29) is 17.5 Å². The average Bonchev–Trinajstić information content (AvgIpc) is 3.22. The van der Waals surface area contributed by atoms with Crippen molar-refractivity contribution < 1.29 is 16.8 Å². The minimum absolute atomic E-state index is 0.121. The van der Waals surface area contributed by atoms with Gasteiger partial charge in [0.05, 0.1) is 39.5 Å². The number of piperazine rings is 1. The number of aromatic nitrogens is 2. The van der Waals surface area contributed by atoms with Crippen molar-refractivity contribution in [1.82, 2.24) is 14.1 Å². The molecule has 10 heteroatoms. The van der Waals surface area contributed by atoms with Gasteiger partial charge in [0.1, 0.15) is 0 Å². The molecule has 1 atom stereocenters. The molecule has 0 aliphatic carbocycles. The van der Waals surface area contributed by atoms with Crippen LogP contribution in [-0.4, -0.2) is 68.6 Å². The third-order valence-corrected chi connectivity index (χ3v) is 10.2. The van der Waals surface area contributed by atoms with Gasteiger partial charge in [0.25, 0.3) is 0 Å². The van der Waals surface area contributed by atoms with E-state index >= 15 is 0 Å². The Kier molecular flexibility index (Phi) is 5.68. The molecule has 1 aromatic heterocycles. The van der Waals surface area contributed by atoms with Crippen LogP contribution in [0.2, 0.25) is 0 Å². The highest BCUT2D eigenvalue weighted by atomic mass is 32.2. The summed E-state index contributed by atoms with van der Waals surface area (Å²) in [5.41, 5.74) is 4.83. The van der Waals surface area contributed by atoms with Gasteiger partial charge in [0.2, 0.25) is 10.0 Å². The predicted octanol–water partition coefficient (Wildman–Crippen LogP) is 1.99. The summed E-state index contributed by atoms with van der Waals surface area (Å²) < 4.78 is 53.4. The Morgan fingerprint density at radius 1 is 1.00 bits per heavy atom. The molecule has 31 heavy (non-hydrogen) atoms. The van der Waals surface area contributed by atoms with Gasteiger partial charge in [-0.1, -0.05) is 6.07 Å². The topological polar surface area (TPSA) is 92.6 Å². The molecule has 4 rings (SSSR count). The zero-order valence-corrected chi connectivity index (χ0v) is 20.1. The maximum absolute atomic E-state index is 13.1. The molecule has 2 fully saturated rings. The van der Waals surface area contributed by atoms with Crippen molar-refractivity contribution in [1.29, 1.82) is 0 Å². The average molecular weight is 467 g/mol. The third kappa shape index (κ3) is 4.12. The summed E-state index contributed by atoms with van der Waals surface area (Å²) in [4.78, 5) is 2.51. The maximum atomic E-state index is 13.1. The van der Waals surface area contributed by atoms with Gasteiger partial charge in [0.15, 0.2) is 9.84 Å². The van der Waals surface area contributed by atoms with Crippen molar-refractivity contribution in [2.45, 2.75) is 45.1 Å². The Labute approximate surface area is 184 Å². The lowest BCUT2D eigenvalue weighted by Crippen LogP contribution is -2.49. The van der Waals surface area contributed by atoms with Crippen molar-refractivity contribution in [2.75, 3.05) is 42.6 Å². The molecule has 3 heterocycles. The van der Waals surface area contributed by atoms with Crippen LogP contribution in [0.25, 0.3) is 0 Å². The van der Waals surface area contributed by atoms with Crippen molar-refractivity contribution in [2.24, 2.45) is 0 Å². The lowest BCUT2D eigenvalue weighted by atomic mass is 10.1. The fourth-order valence-corrected chi connectivity index (χ4v) is 7.81. The van der Waals surface area contributed by atoms with E-state index in [9.17, 15) is 16.8 Å². The Morgan fingerprint density at radius 3 is 2.26 bits per heavy atom. The second-order valence-corrected chi connectivity index (χ2v) is 12.8. The normalized spacial score (nSPS) is 22.2. The number of anilines is 1. The van der Waals surface area contributed by atoms with E-state index in [2.05, 4.69) is 10.00 Å². The van der Waals surface area contributed by atoms with Gasteiger partial charge in [-0.2, -0.15) is 9.40 Å². The summed E-state index contributed by atoms with van der Waals surface area (Å²) in [5, 5.41) is 4.64. The van der Waals surface area contributed by atoms with Crippen LogP contribution in [0.3, 0.4) is 0 Å². The van der Waals surface area contributed by atoms with E-state index in [1.165, 1.54) is 0 Å². The summed E-state index contributed by atoms with van der Waals surface area (Å²) in [6, 6.07) is 5.15. The van der Waals surface area contributed by atoms with E-state index in [0.29, 0.717) is 37.5 Å². The summed E-state index contributed by atoms with van der Waals surface area (Å²) in [6.07, 6.45) is 0.589. The molecular weight excluding hydrogens is 436 g/mol. The number of nitrogens with zero attached hydrogens (tertiary/aromatic N) is 4. The maximum Gasteiger partial charge on any atom is 0.243 e. The molecule has 0 amide bonds. The second-order valence-electron chi connectivity index (χ2n) is 8.66. The Bertz CT molecular complexity index is 1210. The highest BCUT2D eigenvalue weighted by Crippen LogP contribution is 2.32. The van der Waals surface area contributed by atoms with Crippen LogP contribution in [0, 0.1) is 27.7 Å². The molecule has 1 aromatic carbocycles. The number of rotatable bonds is 4. The molecule has 0 spiro atoms. The molecule has 1 unspecified atom stereocenters. The van der Waals surface area contributed by atoms with Gasteiger partial charge >= 0.3 is 0 Å². The third-order valence-electron chi connectivity index (χ3n) is 6.51. The van der Waals surface area contributed by atoms with Crippen LogP contribution in [0.4, 0.5) is 5.69 Å². The number of benzene rings is 1. The lowest BCUT2D eigenvalue weighted by Gasteiger charge is -2.35. The van der Waals surface area contributed by atoms with Crippen molar-refractivity contribution in [3.05, 3.63) is 40.7 Å². The number of sulfone groups is 1. The fraction of sp³-hybridized carbons (Fsp3) is 0.571. The molecule has 2 aromatic rings. The first-order valence-electron chi connectivity index (χ1n) is 10.6. The molecule has 0 radical (unpaired) electrons. The Hall–Kier alpha value is -1.91. The number of hydrogen-bond donors (Lipinski definition) is 0. The molecule has 0 N–H and O–H groups in total. The summed E-state index contributed by atoms with van der Waals surface area (Å²) in [7, 11) is -6.52. The molecule has 8 nitrogen and oxygen atoms in total. The minimum Gasteiger partial charge on any atom is -0.366 e. The van der Waals surface area contributed by atoms with Crippen LogP contribution < -0.4 is 4.90 Å². The van der Waals surface area contributed by atoms with E-state index in [1.807, 2.05) is 38.4 Å². The summed E-state index contributed by atoms with van der Waals surface area (Å²) in [5.74, 6) is 0.344. The molecule has 2 aliphatic rings. The minimum atomic E-state index is -3.53. The predicted molar refractivity (Wildman–Crippen MR) is 121 cm³/mol. The van der Waals surface area contributed by atoms with Crippen LogP contribution in [-0.2, 0) is 19.9 Å². The van der Waals surface area contributed by atoms with Gasteiger partial charge in [-0.15, -0.1) is 0 Å². The van der Waals surface area contributed by atoms with Crippen molar-refractivity contribution >= 4 is 25.5 Å². The highest BCUT2D eigenvalue weighted by molar-refractivity contribution is 7.91. The van der Waals surface area contributed by atoms with E-state index in [0.717, 1.165) is 28.2 Å². The molecule has 0 saturated carbocycles. The smallest absolute Gasteiger partial charge is 0.243 e. The largest absolute Gasteiger partial charge is 0.366 e. The monoisotopic (exact) mass is 466 g/mol. The Balaban J connectivity index is 1.51. The number of hydrogen-bond acceptors (Lipinski definition) is 6. The molecule has 0 bridgehead atoms. The SMILES string of the molecule is Cc1ccc(S(=O)(=O)N2CCN(c3c(C)nn(C4CCS(=O)(=O)C4)c3C)CC2)cc1C. The molecule has 2 aliphatic heterocycles. The second kappa shape index (κ2) is 7.90. The molecular formula is C21H30N4O4S2. The number of aryl methyl sites for hydroxylation is 3. The lowest BCUT2D eigenvalue weighted by molar-refractivity contribution is 0.384. The first-order valence-corrected chi connectivity index (χ1v) is 13.8. The van der Waals surface area contributed by atoms with Gasteiger partial charge in [-0.3, -0.25) is 4.68 Å². The van der Waals surface area contributed by atoms with Gasteiger partial charge in [-0.05, 0) is 57.4 Å². The molecule has 2 saturated heterocycles. The zero-order chi connectivity index (χ0) is 22.6. The van der Waals surface area contributed by atoms with E-state index < -0.39 is 19.9 Å². The van der Waals surface area contributed by atoms with Gasteiger partial charge in [-0.25, -0.2) is 16.8 Å². The van der Waals surface area contributed by atoms with Crippen LogP contribution in [0.1, 0.15) is 35.0 Å². The number of sulfonamides is 1. The summed E-state index contributed by atoms with van der Waals surface area (Å²) >= 11 is 0. The molecule has 170 valence electrons. The van der Waals surface area contributed by atoms with Crippen LogP contribution >= 0.6 is 0 Å². The zero-order valence-electron chi connectivity index (χ0n) is 18.5. The van der Waals surface area contributed by atoms with Crippen molar-refractivity contribution in [3.63, 3.8) is 0 Å². The van der Waals surface area contributed by atoms with Gasteiger partial charge in [0, 0.05) is 26.2 Å². The van der Waals surface area contributed by atoms with E-state index in [1.54, 1.807) is 16.4 Å². The summed E-state index contributed by atoms with van der Waals surface area (Å²) in [6.45, 7) is 9.73. The van der Waals surface area contributed by atoms with Crippen LogP contribution in [0.5, 0.6) is 0 Å². The Morgan fingerprint density at radius 2 is 1.68 bits per heavy atom. The first-order chi connectivity index (χ1) is 14.5. The quantitative estimate of drug-likeness (QED) is 0.684.